The number of anilines is 1. The summed E-state index contributed by atoms with van der Waals surface area (Å²) >= 11 is 0. The van der Waals surface area contributed by atoms with Gasteiger partial charge in [-0.05, 0) is 23.3 Å². The second kappa shape index (κ2) is 9.51. The van der Waals surface area contributed by atoms with Crippen LogP contribution in [0.1, 0.15) is 20.7 Å². The second-order valence-corrected chi connectivity index (χ2v) is 7.05. The maximum atomic E-state index is 13.1. The third-order valence-electron chi connectivity index (χ3n) is 4.89. The molecule has 0 spiro atoms. The number of benzene rings is 4. The van der Waals surface area contributed by atoms with Crippen LogP contribution in [0.25, 0.3) is 11.1 Å². The highest BCUT2D eigenvalue weighted by atomic mass is 16.1. The van der Waals surface area contributed by atoms with E-state index in [1.807, 2.05) is 66.7 Å². The number of carbonyl (C=O) groups is 2. The highest BCUT2D eigenvalue weighted by Crippen LogP contribution is 2.22. The van der Waals surface area contributed by atoms with Gasteiger partial charge in [-0.3, -0.25) is 9.59 Å². The summed E-state index contributed by atoms with van der Waals surface area (Å²) < 4.78 is 0. The molecule has 0 aliphatic rings. The molecule has 4 rings (SSSR count). The van der Waals surface area contributed by atoms with Gasteiger partial charge >= 0.3 is 0 Å². The second-order valence-electron chi connectivity index (χ2n) is 7.05. The van der Waals surface area contributed by atoms with Crippen LogP contribution in [-0.2, 0) is 0 Å². The van der Waals surface area contributed by atoms with Gasteiger partial charge in [-0.2, -0.15) is 0 Å². The van der Waals surface area contributed by atoms with Gasteiger partial charge in [0.2, 0.25) is 5.78 Å². The van der Waals surface area contributed by atoms with Crippen molar-refractivity contribution in [1.29, 1.82) is 0 Å². The monoisotopic (exact) mass is 403 g/mol. The first-order valence-corrected chi connectivity index (χ1v) is 10.0. The van der Waals surface area contributed by atoms with E-state index in [1.54, 1.807) is 48.5 Å². The Balaban J connectivity index is 1.63. The first kappa shape index (κ1) is 20.0. The molecule has 150 valence electrons. The lowest BCUT2D eigenvalue weighted by molar-refractivity contribution is 0.101. The third kappa shape index (κ3) is 5.03. The number of ketones is 2. The minimum atomic E-state index is -0.239. The Bertz CT molecular complexity index is 1200. The number of hydrogen-bond donors (Lipinski definition) is 1. The van der Waals surface area contributed by atoms with E-state index in [0.717, 1.165) is 16.8 Å². The van der Waals surface area contributed by atoms with Crippen molar-refractivity contribution >= 4 is 17.3 Å². The van der Waals surface area contributed by atoms with E-state index in [2.05, 4.69) is 5.32 Å². The molecule has 0 aromatic heterocycles. The minimum absolute atomic E-state index is 0.228. The van der Waals surface area contributed by atoms with Crippen molar-refractivity contribution in [1.82, 2.24) is 0 Å². The zero-order valence-corrected chi connectivity index (χ0v) is 16.9. The summed E-state index contributed by atoms with van der Waals surface area (Å²) in [5, 5.41) is 3.15. The Hall–Kier alpha value is -4.24. The summed E-state index contributed by atoms with van der Waals surface area (Å²) in [5.41, 5.74) is 4.20. The van der Waals surface area contributed by atoms with Crippen LogP contribution in [0.2, 0.25) is 0 Å². The lowest BCUT2D eigenvalue weighted by Crippen LogP contribution is -2.14. The summed E-state index contributed by atoms with van der Waals surface area (Å²) in [6, 6.07) is 35.7. The van der Waals surface area contributed by atoms with Crippen LogP contribution < -0.4 is 5.32 Å². The number of Topliss-reactive ketones (excluding diaryl/α,β-unsaturated/α-hetero) is 1. The summed E-state index contributed by atoms with van der Waals surface area (Å²) in [7, 11) is 0. The van der Waals surface area contributed by atoms with Gasteiger partial charge in [0, 0.05) is 22.9 Å². The van der Waals surface area contributed by atoms with E-state index >= 15 is 0 Å². The topological polar surface area (TPSA) is 46.2 Å². The van der Waals surface area contributed by atoms with Crippen molar-refractivity contribution in [2.75, 3.05) is 5.32 Å². The number of nitrogens with one attached hydrogen (secondary N) is 1. The van der Waals surface area contributed by atoms with Crippen molar-refractivity contribution in [3.63, 3.8) is 0 Å². The number of rotatable bonds is 7. The quantitative estimate of drug-likeness (QED) is 0.286. The van der Waals surface area contributed by atoms with Crippen molar-refractivity contribution in [2.24, 2.45) is 0 Å². The van der Waals surface area contributed by atoms with Crippen molar-refractivity contribution in [3.05, 3.63) is 138 Å². The normalized spacial score (nSPS) is 11.0. The van der Waals surface area contributed by atoms with Gasteiger partial charge in [-0.1, -0.05) is 103 Å². The van der Waals surface area contributed by atoms with Gasteiger partial charge in [0.25, 0.3) is 0 Å². The fraction of sp³-hybridized carbons (Fsp3) is 0. The van der Waals surface area contributed by atoms with Gasteiger partial charge < -0.3 is 5.32 Å². The molecule has 0 aliphatic heterocycles. The maximum absolute atomic E-state index is 13.1. The van der Waals surface area contributed by atoms with Gasteiger partial charge in [0.05, 0.1) is 5.70 Å². The molecule has 0 bridgehead atoms. The third-order valence-corrected chi connectivity index (χ3v) is 4.89. The predicted molar refractivity (Wildman–Crippen MR) is 125 cm³/mol. The molecule has 4 aromatic carbocycles. The molecule has 3 heteroatoms. The van der Waals surface area contributed by atoms with E-state index < -0.39 is 0 Å². The molecule has 0 unspecified atom stereocenters. The number of hydrogen-bond acceptors (Lipinski definition) is 3. The van der Waals surface area contributed by atoms with Gasteiger partial charge in [-0.25, -0.2) is 0 Å². The Morgan fingerprint density at radius 2 is 1.03 bits per heavy atom. The fourth-order valence-corrected chi connectivity index (χ4v) is 3.25. The van der Waals surface area contributed by atoms with Crippen LogP contribution in [-0.4, -0.2) is 11.6 Å². The van der Waals surface area contributed by atoms with E-state index in [0.29, 0.717) is 11.1 Å². The number of allylic oxidation sites excluding steroid dienone is 2. The zero-order valence-electron chi connectivity index (χ0n) is 16.9. The van der Waals surface area contributed by atoms with Gasteiger partial charge in [0.1, 0.15) is 0 Å². The van der Waals surface area contributed by atoms with Crippen LogP contribution in [0.15, 0.2) is 127 Å². The van der Waals surface area contributed by atoms with E-state index in [4.69, 9.17) is 0 Å². The molecular formula is C28H21NO2. The van der Waals surface area contributed by atoms with E-state index in [1.165, 1.54) is 6.08 Å². The SMILES string of the molecule is O=C(/C=C(/Nc1ccc(-c2ccccc2)cc1)C(=O)c1ccccc1)c1ccccc1. The van der Waals surface area contributed by atoms with Crippen LogP contribution in [0.4, 0.5) is 5.69 Å². The average molecular weight is 403 g/mol. The van der Waals surface area contributed by atoms with Crippen LogP contribution in [0.3, 0.4) is 0 Å². The molecule has 0 heterocycles. The van der Waals surface area contributed by atoms with Crippen LogP contribution >= 0.6 is 0 Å². The minimum Gasteiger partial charge on any atom is -0.352 e. The summed E-state index contributed by atoms with van der Waals surface area (Å²) in [6.45, 7) is 0. The maximum Gasteiger partial charge on any atom is 0.209 e. The molecule has 3 nitrogen and oxygen atoms in total. The lowest BCUT2D eigenvalue weighted by atomic mass is 10.0. The largest absolute Gasteiger partial charge is 0.352 e. The molecule has 0 radical (unpaired) electrons. The summed E-state index contributed by atoms with van der Waals surface area (Å²) in [5.74, 6) is -0.467. The lowest BCUT2D eigenvalue weighted by Gasteiger charge is -2.11. The molecule has 0 fully saturated rings. The standard InChI is InChI=1S/C28H21NO2/c30-27(23-12-6-2-7-13-23)20-26(28(31)24-14-8-3-9-15-24)29-25-18-16-22(17-19-25)21-10-4-1-5-11-21/h1-20,29H/b26-20+. The van der Waals surface area contributed by atoms with E-state index in [9.17, 15) is 9.59 Å². The number of carbonyl (C=O) groups excluding carboxylic acids is 2. The Kier molecular flexibility index (Phi) is 6.15. The summed E-state index contributed by atoms with van der Waals surface area (Å²) in [4.78, 5) is 25.9. The Labute approximate surface area is 181 Å². The van der Waals surface area contributed by atoms with Crippen LogP contribution in [0.5, 0.6) is 0 Å². The molecule has 4 aromatic rings. The molecule has 0 aliphatic carbocycles. The van der Waals surface area contributed by atoms with Crippen molar-refractivity contribution in [3.8, 4) is 11.1 Å². The van der Waals surface area contributed by atoms with Crippen LogP contribution in [0, 0.1) is 0 Å². The smallest absolute Gasteiger partial charge is 0.209 e. The molecule has 1 N–H and O–H groups in total. The zero-order chi connectivity index (χ0) is 21.5. The molecule has 0 saturated carbocycles. The molecule has 31 heavy (non-hydrogen) atoms. The van der Waals surface area contributed by atoms with Gasteiger partial charge in [-0.15, -0.1) is 0 Å². The molecule has 0 saturated heterocycles. The van der Waals surface area contributed by atoms with Gasteiger partial charge in [0.15, 0.2) is 5.78 Å². The Morgan fingerprint density at radius 1 is 0.548 bits per heavy atom. The molecule has 0 atom stereocenters. The first-order valence-electron chi connectivity index (χ1n) is 10.0. The molecular weight excluding hydrogens is 382 g/mol. The molecule has 0 amide bonds. The van der Waals surface area contributed by atoms with E-state index in [-0.39, 0.29) is 17.3 Å². The fourth-order valence-electron chi connectivity index (χ4n) is 3.25. The predicted octanol–water partition coefficient (Wildman–Crippen LogP) is 6.42. The van der Waals surface area contributed by atoms with Crippen molar-refractivity contribution in [2.45, 2.75) is 0 Å². The first-order chi connectivity index (χ1) is 15.2. The van der Waals surface area contributed by atoms with Crippen molar-refractivity contribution < 1.29 is 9.59 Å². The average Bonchev–Trinajstić information content (AvgIpc) is 2.85. The summed E-state index contributed by atoms with van der Waals surface area (Å²) in [6.07, 6.45) is 1.37. The Morgan fingerprint density at radius 3 is 1.61 bits per heavy atom. The highest BCUT2D eigenvalue weighted by molar-refractivity contribution is 6.16. The highest BCUT2D eigenvalue weighted by Gasteiger charge is 2.15.